The van der Waals surface area contributed by atoms with Gasteiger partial charge in [-0.05, 0) is 18.8 Å². The van der Waals surface area contributed by atoms with Crippen molar-refractivity contribution in [2.75, 3.05) is 23.7 Å². The maximum atomic E-state index is 10.6. The number of hydrogen-bond donors (Lipinski definition) is 1. The van der Waals surface area contributed by atoms with Gasteiger partial charge in [0, 0.05) is 13.1 Å². The molecule has 1 aliphatic rings. The van der Waals surface area contributed by atoms with Gasteiger partial charge in [0.1, 0.15) is 6.20 Å². The Hall–Kier alpha value is -1.92. The molecule has 1 aliphatic heterocycles. The maximum absolute atomic E-state index is 10.6. The van der Waals surface area contributed by atoms with E-state index in [1.54, 1.807) is 0 Å². The zero-order valence-corrected chi connectivity index (χ0v) is 9.67. The van der Waals surface area contributed by atoms with E-state index >= 15 is 0 Å². The van der Waals surface area contributed by atoms with Crippen LogP contribution in [-0.2, 0) is 0 Å². The summed E-state index contributed by atoms with van der Waals surface area (Å²) in [5, 5.41) is 10.6. The molecule has 2 rings (SSSR count). The Bertz CT molecular complexity index is 437. The molecular formula is C10H15N5O2. The minimum Gasteiger partial charge on any atom is -0.378 e. The first-order valence-electron chi connectivity index (χ1n) is 5.60. The van der Waals surface area contributed by atoms with Crippen molar-refractivity contribution in [2.45, 2.75) is 19.8 Å². The van der Waals surface area contributed by atoms with Crippen LogP contribution in [0.1, 0.15) is 19.8 Å². The quantitative estimate of drug-likeness (QED) is 0.613. The number of anilines is 2. The molecule has 0 amide bonds. The fourth-order valence-electron chi connectivity index (χ4n) is 2.04. The van der Waals surface area contributed by atoms with Crippen LogP contribution in [0.15, 0.2) is 6.20 Å². The van der Waals surface area contributed by atoms with Crippen LogP contribution in [-0.4, -0.2) is 28.0 Å². The third-order valence-corrected chi connectivity index (χ3v) is 2.92. The zero-order chi connectivity index (χ0) is 12.4. The van der Waals surface area contributed by atoms with Gasteiger partial charge in [-0.25, -0.2) is 4.98 Å². The second-order valence-electron chi connectivity index (χ2n) is 4.39. The summed E-state index contributed by atoms with van der Waals surface area (Å²) < 4.78 is 0. The molecule has 0 radical (unpaired) electrons. The smallest absolute Gasteiger partial charge is 0.329 e. The van der Waals surface area contributed by atoms with E-state index in [2.05, 4.69) is 16.9 Å². The highest BCUT2D eigenvalue weighted by molar-refractivity contribution is 5.53. The van der Waals surface area contributed by atoms with E-state index in [1.807, 2.05) is 4.90 Å². The first-order chi connectivity index (χ1) is 8.08. The van der Waals surface area contributed by atoms with Gasteiger partial charge in [0.2, 0.25) is 11.8 Å². The van der Waals surface area contributed by atoms with Gasteiger partial charge in [-0.15, -0.1) is 0 Å². The van der Waals surface area contributed by atoms with E-state index in [-0.39, 0.29) is 11.5 Å². The topological polar surface area (TPSA) is 98.2 Å². The van der Waals surface area contributed by atoms with Crippen LogP contribution < -0.4 is 10.6 Å². The molecular weight excluding hydrogens is 222 g/mol. The zero-order valence-electron chi connectivity index (χ0n) is 9.67. The number of nitro groups is 1. The number of aromatic nitrogens is 2. The third kappa shape index (κ3) is 2.43. The highest BCUT2D eigenvalue weighted by Gasteiger charge is 2.21. The van der Waals surface area contributed by atoms with E-state index in [4.69, 9.17) is 5.73 Å². The number of nitrogens with two attached hydrogens (primary N) is 1. The van der Waals surface area contributed by atoms with Gasteiger partial charge in [0.05, 0.1) is 4.92 Å². The van der Waals surface area contributed by atoms with Gasteiger partial charge < -0.3 is 10.6 Å². The lowest BCUT2D eigenvalue weighted by molar-refractivity contribution is -0.384. The molecule has 17 heavy (non-hydrogen) atoms. The van der Waals surface area contributed by atoms with E-state index in [9.17, 15) is 10.1 Å². The predicted octanol–water partition coefficient (Wildman–Crippen LogP) is 1.20. The van der Waals surface area contributed by atoms with Crippen LogP contribution in [0.25, 0.3) is 0 Å². The number of piperidine rings is 1. The molecule has 2 heterocycles. The molecule has 0 unspecified atom stereocenters. The first kappa shape index (κ1) is 11.6. The Balaban J connectivity index is 2.22. The fraction of sp³-hybridized carbons (Fsp3) is 0.600. The van der Waals surface area contributed by atoms with Crippen molar-refractivity contribution in [1.29, 1.82) is 0 Å². The van der Waals surface area contributed by atoms with Crippen LogP contribution in [0, 0.1) is 16.0 Å². The molecule has 0 bridgehead atoms. The van der Waals surface area contributed by atoms with Gasteiger partial charge in [0.15, 0.2) is 0 Å². The Morgan fingerprint density at radius 2 is 2.41 bits per heavy atom. The lowest BCUT2D eigenvalue weighted by Crippen LogP contribution is -2.35. The molecule has 1 aromatic rings. The molecule has 1 saturated heterocycles. The third-order valence-electron chi connectivity index (χ3n) is 2.92. The molecule has 0 aromatic carbocycles. The number of rotatable bonds is 2. The highest BCUT2D eigenvalue weighted by atomic mass is 16.6. The fourth-order valence-corrected chi connectivity index (χ4v) is 2.04. The van der Waals surface area contributed by atoms with Crippen molar-refractivity contribution in [1.82, 2.24) is 9.97 Å². The normalized spacial score (nSPS) is 20.3. The summed E-state index contributed by atoms with van der Waals surface area (Å²) in [7, 11) is 0. The van der Waals surface area contributed by atoms with Crippen molar-refractivity contribution in [3.05, 3.63) is 16.3 Å². The van der Waals surface area contributed by atoms with E-state index in [0.29, 0.717) is 11.9 Å². The summed E-state index contributed by atoms with van der Waals surface area (Å²) in [6, 6.07) is 0. The first-order valence-corrected chi connectivity index (χ1v) is 5.60. The summed E-state index contributed by atoms with van der Waals surface area (Å²) in [6.45, 7) is 3.92. The lowest BCUT2D eigenvalue weighted by atomic mass is 10.0. The molecule has 1 atom stereocenters. The molecule has 0 saturated carbocycles. The van der Waals surface area contributed by atoms with Crippen molar-refractivity contribution in [3.63, 3.8) is 0 Å². The van der Waals surface area contributed by atoms with Crippen molar-refractivity contribution < 1.29 is 4.92 Å². The molecule has 0 aliphatic carbocycles. The Morgan fingerprint density at radius 1 is 1.65 bits per heavy atom. The summed E-state index contributed by atoms with van der Waals surface area (Å²) in [5.41, 5.74) is 5.31. The Kier molecular flexibility index (Phi) is 3.08. The van der Waals surface area contributed by atoms with Gasteiger partial charge in [-0.3, -0.25) is 10.1 Å². The average Bonchev–Trinajstić information content (AvgIpc) is 2.28. The second kappa shape index (κ2) is 4.52. The number of nitrogen functional groups attached to an aromatic ring is 1. The summed E-state index contributed by atoms with van der Waals surface area (Å²) >= 11 is 0. The molecule has 7 heteroatoms. The van der Waals surface area contributed by atoms with Crippen LogP contribution in [0.3, 0.4) is 0 Å². The van der Waals surface area contributed by atoms with Crippen molar-refractivity contribution in [2.24, 2.45) is 5.92 Å². The van der Waals surface area contributed by atoms with Crippen LogP contribution in [0.4, 0.5) is 17.5 Å². The van der Waals surface area contributed by atoms with Crippen LogP contribution >= 0.6 is 0 Å². The summed E-state index contributed by atoms with van der Waals surface area (Å²) in [5.74, 6) is 1.00. The van der Waals surface area contributed by atoms with Gasteiger partial charge in [-0.2, -0.15) is 4.98 Å². The van der Waals surface area contributed by atoms with E-state index in [0.717, 1.165) is 19.5 Å². The van der Waals surface area contributed by atoms with Gasteiger partial charge >= 0.3 is 5.69 Å². The number of hydrogen-bond acceptors (Lipinski definition) is 6. The minimum atomic E-state index is -0.571. The minimum absolute atomic E-state index is 0.0711. The SMILES string of the molecule is C[C@H]1CCCN(c2ncc([N+](=O)[O-])c(N)n2)C1. The molecule has 92 valence electrons. The molecule has 2 N–H and O–H groups in total. The predicted molar refractivity (Wildman–Crippen MR) is 63.7 cm³/mol. The Morgan fingerprint density at radius 3 is 3.00 bits per heavy atom. The highest BCUT2D eigenvalue weighted by Crippen LogP contribution is 2.23. The summed E-state index contributed by atoms with van der Waals surface area (Å²) in [4.78, 5) is 20.1. The van der Waals surface area contributed by atoms with Crippen molar-refractivity contribution >= 4 is 17.5 Å². The second-order valence-corrected chi connectivity index (χ2v) is 4.39. The maximum Gasteiger partial charge on any atom is 0.329 e. The average molecular weight is 237 g/mol. The van der Waals surface area contributed by atoms with Gasteiger partial charge in [0.25, 0.3) is 0 Å². The van der Waals surface area contributed by atoms with Crippen LogP contribution in [0.2, 0.25) is 0 Å². The molecule has 1 fully saturated rings. The largest absolute Gasteiger partial charge is 0.378 e. The lowest BCUT2D eigenvalue weighted by Gasteiger charge is -2.30. The van der Waals surface area contributed by atoms with E-state index < -0.39 is 4.92 Å². The molecule has 0 spiro atoms. The molecule has 1 aromatic heterocycles. The molecule has 7 nitrogen and oxygen atoms in total. The number of nitrogens with zero attached hydrogens (tertiary/aromatic N) is 4. The Labute approximate surface area is 98.8 Å². The standard InChI is InChI=1S/C10H15N5O2/c1-7-3-2-4-14(6-7)10-12-5-8(15(16)17)9(11)13-10/h5,7H,2-4,6H2,1H3,(H2,11,12,13)/t7-/m0/s1. The summed E-state index contributed by atoms with van der Waals surface area (Å²) in [6.07, 6.45) is 3.46. The van der Waals surface area contributed by atoms with Gasteiger partial charge in [-0.1, -0.05) is 6.92 Å². The van der Waals surface area contributed by atoms with E-state index in [1.165, 1.54) is 12.6 Å². The monoisotopic (exact) mass is 237 g/mol. The van der Waals surface area contributed by atoms with Crippen molar-refractivity contribution in [3.8, 4) is 0 Å². The van der Waals surface area contributed by atoms with Crippen LogP contribution in [0.5, 0.6) is 0 Å².